The van der Waals surface area contributed by atoms with Gasteiger partial charge in [-0.1, -0.05) is 66.7 Å². The highest BCUT2D eigenvalue weighted by Crippen LogP contribution is 2.30. The van der Waals surface area contributed by atoms with E-state index >= 15 is 0 Å². The van der Waals surface area contributed by atoms with Crippen LogP contribution < -0.4 is 36.1 Å². The van der Waals surface area contributed by atoms with Gasteiger partial charge in [-0.2, -0.15) is 0 Å². The summed E-state index contributed by atoms with van der Waals surface area (Å²) >= 11 is 0. The Morgan fingerprint density at radius 3 is 1.76 bits per heavy atom. The van der Waals surface area contributed by atoms with Gasteiger partial charge >= 0.3 is 0 Å². The summed E-state index contributed by atoms with van der Waals surface area (Å²) in [6, 6.07) is 29.6. The van der Waals surface area contributed by atoms with Crippen LogP contribution in [0.1, 0.15) is 86.8 Å². The van der Waals surface area contributed by atoms with Crippen LogP contribution in [0.4, 0.5) is 0 Å². The van der Waals surface area contributed by atoms with Gasteiger partial charge in [-0.05, 0) is 138 Å². The highest BCUT2D eigenvalue weighted by atomic mass is 16.5. The third-order valence-electron chi connectivity index (χ3n) is 11.1. The van der Waals surface area contributed by atoms with Gasteiger partial charge in [-0.15, -0.1) is 0 Å². The van der Waals surface area contributed by atoms with Crippen LogP contribution in [0.25, 0.3) is 0 Å². The third-order valence-corrected chi connectivity index (χ3v) is 11.1. The van der Waals surface area contributed by atoms with E-state index in [4.69, 9.17) is 9.47 Å². The highest BCUT2D eigenvalue weighted by molar-refractivity contribution is 5.43. The molecule has 4 fully saturated rings. The molecule has 8 nitrogen and oxygen atoms in total. The Kier molecular flexibility index (Phi) is 14.4. The molecule has 4 aliphatic rings. The fraction of sp³-hybridized carbons (Fsp3) is 0.571. The van der Waals surface area contributed by atoms with Gasteiger partial charge in [0.05, 0.1) is 26.0 Å². The van der Waals surface area contributed by atoms with E-state index in [9.17, 15) is 0 Å². The molecule has 4 saturated heterocycles. The Bertz CT molecular complexity index is 1380. The number of hydrogen-bond donors (Lipinski definition) is 5. The first kappa shape index (κ1) is 36.8. The van der Waals surface area contributed by atoms with E-state index in [-0.39, 0.29) is 0 Å². The van der Waals surface area contributed by atoms with Crippen molar-refractivity contribution >= 4 is 0 Å². The van der Waals surface area contributed by atoms with Crippen LogP contribution in [0.2, 0.25) is 0 Å². The molecule has 3 aromatic rings. The van der Waals surface area contributed by atoms with E-state index < -0.39 is 0 Å². The van der Waals surface area contributed by atoms with Gasteiger partial charge < -0.3 is 25.4 Å². The Morgan fingerprint density at radius 2 is 1.22 bits per heavy atom. The Morgan fingerprint density at radius 1 is 0.660 bits per heavy atom. The fourth-order valence-corrected chi connectivity index (χ4v) is 8.31. The summed E-state index contributed by atoms with van der Waals surface area (Å²) in [5.74, 6) is 3.02. The van der Waals surface area contributed by atoms with Crippen molar-refractivity contribution in [1.29, 1.82) is 0 Å². The zero-order valence-corrected chi connectivity index (χ0v) is 30.5. The molecule has 5 N–H and O–H groups in total. The van der Waals surface area contributed by atoms with Crippen LogP contribution in [0.5, 0.6) is 11.5 Å². The predicted octanol–water partition coefficient (Wildman–Crippen LogP) is 5.96. The van der Waals surface area contributed by atoms with Gasteiger partial charge in [0.1, 0.15) is 0 Å². The molecule has 4 atom stereocenters. The lowest BCUT2D eigenvalue weighted by atomic mass is 9.88. The van der Waals surface area contributed by atoms with Crippen molar-refractivity contribution in [2.45, 2.75) is 101 Å². The van der Waals surface area contributed by atoms with Crippen molar-refractivity contribution in [3.8, 4) is 11.5 Å². The molecule has 50 heavy (non-hydrogen) atoms. The molecule has 3 aromatic carbocycles. The molecule has 8 heteroatoms. The molecular formula is C42H62N6O2. The first-order chi connectivity index (χ1) is 24.7. The Labute approximate surface area is 301 Å². The maximum Gasteiger partial charge on any atom is 0.161 e. The number of benzene rings is 3. The highest BCUT2D eigenvalue weighted by Gasteiger charge is 2.27. The second-order valence-electron chi connectivity index (χ2n) is 14.6. The molecule has 0 saturated carbocycles. The molecule has 0 radical (unpaired) electrons. The van der Waals surface area contributed by atoms with Crippen LogP contribution in [0.15, 0.2) is 78.9 Å². The molecular weight excluding hydrogens is 621 g/mol. The minimum absolute atomic E-state index is 0.422. The van der Waals surface area contributed by atoms with E-state index in [2.05, 4.69) is 104 Å². The maximum atomic E-state index is 5.74. The Balaban J connectivity index is 0.000000194. The lowest BCUT2D eigenvalue weighted by Crippen LogP contribution is -2.53. The molecule has 272 valence electrons. The summed E-state index contributed by atoms with van der Waals surface area (Å²) in [7, 11) is 1.69. The molecule has 0 spiro atoms. The van der Waals surface area contributed by atoms with E-state index in [0.29, 0.717) is 42.9 Å². The van der Waals surface area contributed by atoms with Crippen molar-refractivity contribution in [1.82, 2.24) is 31.5 Å². The van der Waals surface area contributed by atoms with E-state index in [1.165, 1.54) is 68.1 Å². The molecule has 7 rings (SSSR count). The van der Waals surface area contributed by atoms with E-state index in [0.717, 1.165) is 57.3 Å². The number of hydrogen-bond acceptors (Lipinski definition) is 8. The van der Waals surface area contributed by atoms with E-state index in [1.54, 1.807) is 7.11 Å². The molecule has 4 unspecified atom stereocenters. The number of nitrogens with one attached hydrogen (secondary N) is 5. The lowest BCUT2D eigenvalue weighted by molar-refractivity contribution is 0.171. The molecule has 4 heterocycles. The van der Waals surface area contributed by atoms with Crippen LogP contribution in [-0.2, 0) is 6.54 Å². The lowest BCUT2D eigenvalue weighted by Gasteiger charge is -2.37. The number of likely N-dealkylation sites (tertiary alicyclic amines) is 1. The minimum atomic E-state index is 0.422. The third kappa shape index (κ3) is 11.0. The monoisotopic (exact) mass is 682 g/mol. The normalized spacial score (nSPS) is 25.3. The zero-order valence-electron chi connectivity index (χ0n) is 30.5. The summed E-state index contributed by atoms with van der Waals surface area (Å²) in [5, 5.41) is 18.5. The molecule has 0 aliphatic carbocycles. The van der Waals surface area contributed by atoms with Crippen molar-refractivity contribution in [2.24, 2.45) is 0 Å². The maximum absolute atomic E-state index is 5.74. The van der Waals surface area contributed by atoms with Crippen LogP contribution in [0, 0.1) is 0 Å². The predicted molar refractivity (Wildman–Crippen MR) is 205 cm³/mol. The van der Waals surface area contributed by atoms with Crippen LogP contribution >= 0.6 is 0 Å². The molecule has 0 amide bonds. The van der Waals surface area contributed by atoms with Crippen molar-refractivity contribution < 1.29 is 9.47 Å². The topological polar surface area (TPSA) is 81.9 Å². The summed E-state index contributed by atoms with van der Waals surface area (Å²) < 4.78 is 11.2. The second kappa shape index (κ2) is 19.6. The average Bonchev–Trinajstić information content (AvgIpc) is 3.17. The molecule has 0 bridgehead atoms. The fourth-order valence-electron chi connectivity index (χ4n) is 8.31. The van der Waals surface area contributed by atoms with Gasteiger partial charge in [-0.3, -0.25) is 15.5 Å². The van der Waals surface area contributed by atoms with Crippen molar-refractivity contribution in [2.75, 3.05) is 53.0 Å². The first-order valence-corrected chi connectivity index (χ1v) is 19.5. The summed E-state index contributed by atoms with van der Waals surface area (Å²) in [4.78, 5) is 2.55. The second-order valence-corrected chi connectivity index (χ2v) is 14.6. The van der Waals surface area contributed by atoms with Gasteiger partial charge in [0.15, 0.2) is 11.5 Å². The average molecular weight is 683 g/mol. The number of ether oxygens (including phenoxy) is 2. The molecule has 4 aliphatic heterocycles. The van der Waals surface area contributed by atoms with Gasteiger partial charge in [0.25, 0.3) is 0 Å². The summed E-state index contributed by atoms with van der Waals surface area (Å²) in [5.41, 5.74) is 4.27. The Hall–Kier alpha value is -2.98. The minimum Gasteiger partial charge on any atom is -0.493 e. The van der Waals surface area contributed by atoms with Gasteiger partial charge in [0, 0.05) is 18.6 Å². The van der Waals surface area contributed by atoms with Gasteiger partial charge in [0.2, 0.25) is 0 Å². The smallest absolute Gasteiger partial charge is 0.161 e. The van der Waals surface area contributed by atoms with Crippen LogP contribution in [0.3, 0.4) is 0 Å². The number of rotatable bonds is 11. The number of methoxy groups -OCH3 is 1. The summed E-state index contributed by atoms with van der Waals surface area (Å²) in [6.45, 7) is 10.4. The number of piperidine rings is 4. The zero-order chi connectivity index (χ0) is 34.4. The standard InChI is InChI=1S/C26H37N3O2.C16H25N3/c1-3-31-25-17-20(9-10-24(25)30-2)19-29-15-12-23(13-16-29)28-26-18-22(11-14-27-26)21-7-5-4-6-8-21;1-2-4-13(5-3-1)14-6-11-18-16(12-14)19-15-7-9-17-10-8-15/h4-10,17,22-23,26-28H,3,11-16,18-19H2,1-2H3;1-5,14-19H,6-12H2. The van der Waals surface area contributed by atoms with Crippen molar-refractivity contribution in [3.63, 3.8) is 0 Å². The SMILES string of the molecule is CCOc1cc(CN2CCC(NC3CC(c4ccccc4)CCN3)CC2)ccc1OC.c1ccc(C2CCNC(NC3CCNCC3)C2)cc1. The molecule has 0 aromatic heterocycles. The van der Waals surface area contributed by atoms with Crippen molar-refractivity contribution in [3.05, 3.63) is 95.6 Å². The van der Waals surface area contributed by atoms with E-state index in [1.807, 2.05) is 13.0 Å². The first-order valence-electron chi connectivity index (χ1n) is 19.5. The number of nitrogens with zero attached hydrogens (tertiary/aromatic N) is 1. The quantitative estimate of drug-likeness (QED) is 0.170. The van der Waals surface area contributed by atoms with Crippen LogP contribution in [-0.4, -0.2) is 82.3 Å². The van der Waals surface area contributed by atoms with Gasteiger partial charge in [-0.25, -0.2) is 0 Å². The largest absolute Gasteiger partial charge is 0.493 e. The summed E-state index contributed by atoms with van der Waals surface area (Å²) in [6.07, 6.45) is 10.7.